The van der Waals surface area contributed by atoms with Crippen molar-refractivity contribution in [3.63, 3.8) is 0 Å². The molecule has 1 unspecified atom stereocenters. The minimum atomic E-state index is -1.11. The number of nitrogens with zero attached hydrogens (tertiary/aromatic N) is 1. The van der Waals surface area contributed by atoms with E-state index in [1.54, 1.807) is 24.5 Å². The fourth-order valence-electron chi connectivity index (χ4n) is 1.78. The molecule has 0 N–H and O–H groups in total. The van der Waals surface area contributed by atoms with Crippen molar-refractivity contribution in [2.45, 2.75) is 4.90 Å². The number of hydrogen-bond acceptors (Lipinski definition) is 3. The Hall–Kier alpha value is -1.37. The normalized spacial score (nSPS) is 12.2. The van der Waals surface area contributed by atoms with Crippen molar-refractivity contribution in [2.75, 3.05) is 6.26 Å². The molecule has 4 nitrogen and oxygen atoms in total. The van der Waals surface area contributed by atoms with Crippen molar-refractivity contribution in [2.24, 2.45) is 0 Å². The van der Waals surface area contributed by atoms with Crippen molar-refractivity contribution in [3.8, 4) is 11.1 Å². The van der Waals surface area contributed by atoms with Gasteiger partial charge in [-0.2, -0.15) is 0 Å². The van der Waals surface area contributed by atoms with Gasteiger partial charge in [0.05, 0.1) is 9.40 Å². The van der Waals surface area contributed by atoms with Crippen LogP contribution in [0.1, 0.15) is 0 Å². The van der Waals surface area contributed by atoms with E-state index in [-0.39, 0.29) is 5.69 Å². The summed E-state index contributed by atoms with van der Waals surface area (Å²) in [6.07, 6.45) is 1.61. The van der Waals surface area contributed by atoms with Crippen LogP contribution in [0.25, 0.3) is 11.1 Å². The van der Waals surface area contributed by atoms with Crippen LogP contribution in [0.5, 0.6) is 0 Å². The molecule has 0 aliphatic rings. The van der Waals surface area contributed by atoms with Crippen molar-refractivity contribution in [1.82, 2.24) is 0 Å². The van der Waals surface area contributed by atoms with Crippen molar-refractivity contribution in [3.05, 3.63) is 57.1 Å². The van der Waals surface area contributed by atoms with Gasteiger partial charge in [-0.1, -0.05) is 12.1 Å². The van der Waals surface area contributed by atoms with Gasteiger partial charge in [0.2, 0.25) is 0 Å². The van der Waals surface area contributed by atoms with Gasteiger partial charge in [0.15, 0.2) is 4.90 Å². The molecule has 0 saturated heterocycles. The van der Waals surface area contributed by atoms with Crippen LogP contribution in [-0.4, -0.2) is 15.7 Å². The summed E-state index contributed by atoms with van der Waals surface area (Å²) in [5.74, 6) is 0. The van der Waals surface area contributed by atoms with Crippen molar-refractivity contribution < 1.29 is 9.48 Å². The molecule has 1 atom stereocenters. The molecular weight excluding hydrogens is 330 g/mol. The zero-order valence-corrected chi connectivity index (χ0v) is 12.4. The molecule has 0 aliphatic heterocycles. The Morgan fingerprint density at radius 1 is 1.21 bits per heavy atom. The molecule has 0 saturated carbocycles. The zero-order valence-electron chi connectivity index (χ0n) is 10.00. The van der Waals surface area contributed by atoms with Gasteiger partial charge in [-0.15, -0.1) is 0 Å². The van der Waals surface area contributed by atoms with E-state index in [2.05, 4.69) is 15.9 Å². The molecule has 0 fully saturated rings. The number of rotatable bonds is 3. The highest BCUT2D eigenvalue weighted by Gasteiger charge is 2.16. The quantitative estimate of drug-likeness (QED) is 0.485. The minimum absolute atomic E-state index is 0.0128. The number of nitro benzene ring substituents is 1. The summed E-state index contributed by atoms with van der Waals surface area (Å²) in [5.41, 5.74) is 1.63. The maximum Gasteiger partial charge on any atom is 0.283 e. The highest BCUT2D eigenvalue weighted by molar-refractivity contribution is 9.10. The Labute approximate surface area is 121 Å². The Kier molecular flexibility index (Phi) is 4.24. The summed E-state index contributed by atoms with van der Waals surface area (Å²) in [7, 11) is 0. The lowest BCUT2D eigenvalue weighted by Crippen LogP contribution is -1.99. The van der Waals surface area contributed by atoms with E-state index in [9.17, 15) is 14.7 Å². The van der Waals surface area contributed by atoms with Gasteiger partial charge in [-0.3, -0.25) is 10.1 Å². The molecule has 0 bridgehead atoms. The van der Waals surface area contributed by atoms with Crippen molar-refractivity contribution >= 4 is 32.8 Å². The van der Waals surface area contributed by atoms with Gasteiger partial charge < -0.3 is 4.55 Å². The summed E-state index contributed by atoms with van der Waals surface area (Å²) in [6.45, 7) is 0. The first-order valence-electron chi connectivity index (χ1n) is 5.37. The average Bonchev–Trinajstić information content (AvgIpc) is 2.38. The summed E-state index contributed by atoms with van der Waals surface area (Å²) in [4.78, 5) is 11.0. The number of hydrogen-bond donors (Lipinski definition) is 0. The molecule has 6 heteroatoms. The first-order valence-corrected chi connectivity index (χ1v) is 7.72. The minimum Gasteiger partial charge on any atom is -0.612 e. The van der Waals surface area contributed by atoms with Crippen LogP contribution in [-0.2, 0) is 11.2 Å². The molecule has 0 aliphatic carbocycles. The lowest BCUT2D eigenvalue weighted by atomic mass is 10.1. The molecule has 98 valence electrons. The molecule has 0 radical (unpaired) electrons. The highest BCUT2D eigenvalue weighted by atomic mass is 79.9. The summed E-state index contributed by atoms with van der Waals surface area (Å²) in [5, 5.41) is 10.8. The zero-order chi connectivity index (χ0) is 14.0. The monoisotopic (exact) mass is 339 g/mol. The molecular formula is C13H10BrNO3S. The van der Waals surface area contributed by atoms with E-state index in [0.717, 1.165) is 11.1 Å². The third-order valence-electron chi connectivity index (χ3n) is 2.65. The SMILES string of the molecule is C[S+]([O-])c1ccccc1-c1ccc([N+](=O)[O-])c(Br)c1. The van der Waals surface area contributed by atoms with Crippen LogP contribution < -0.4 is 0 Å². The second-order valence-electron chi connectivity index (χ2n) is 3.87. The van der Waals surface area contributed by atoms with E-state index in [1.165, 1.54) is 6.07 Å². The number of benzene rings is 2. The molecule has 0 heterocycles. The first-order chi connectivity index (χ1) is 9.00. The topological polar surface area (TPSA) is 66.2 Å². The number of halogens is 1. The highest BCUT2D eigenvalue weighted by Crippen LogP contribution is 2.33. The second kappa shape index (κ2) is 5.73. The molecule has 2 aromatic rings. The van der Waals surface area contributed by atoms with Crippen LogP contribution in [0, 0.1) is 10.1 Å². The van der Waals surface area contributed by atoms with E-state index in [1.807, 2.05) is 18.2 Å². The van der Waals surface area contributed by atoms with Gasteiger partial charge in [-0.25, -0.2) is 0 Å². The number of nitro groups is 1. The average molecular weight is 340 g/mol. The summed E-state index contributed by atoms with van der Waals surface area (Å²) >= 11 is 2.08. The lowest BCUT2D eigenvalue weighted by Gasteiger charge is -2.10. The van der Waals surface area contributed by atoms with Gasteiger partial charge >= 0.3 is 0 Å². The van der Waals surface area contributed by atoms with Crippen molar-refractivity contribution in [1.29, 1.82) is 0 Å². The summed E-state index contributed by atoms with van der Waals surface area (Å²) in [6, 6.07) is 12.1. The smallest absolute Gasteiger partial charge is 0.283 e. The maximum absolute atomic E-state index is 11.7. The van der Waals surface area contributed by atoms with Gasteiger partial charge in [0, 0.05) is 11.6 Å². The molecule has 2 rings (SSSR count). The Bertz CT molecular complexity index is 631. The Balaban J connectivity index is 2.54. The molecule has 2 aromatic carbocycles. The Morgan fingerprint density at radius 3 is 2.47 bits per heavy atom. The van der Waals surface area contributed by atoms with E-state index in [4.69, 9.17) is 0 Å². The standard InChI is InChI=1S/C13H10BrNO3S/c1-19(18)13-5-3-2-4-10(13)9-6-7-12(15(16)17)11(14)8-9/h2-8H,1H3. The van der Waals surface area contributed by atoms with Gasteiger partial charge in [0.25, 0.3) is 5.69 Å². The van der Waals surface area contributed by atoms with Crippen LogP contribution >= 0.6 is 15.9 Å². The van der Waals surface area contributed by atoms with Crippen LogP contribution in [0.4, 0.5) is 5.69 Å². The van der Waals surface area contributed by atoms with E-state index in [0.29, 0.717) is 9.37 Å². The fourth-order valence-corrected chi connectivity index (χ4v) is 3.07. The van der Waals surface area contributed by atoms with E-state index >= 15 is 0 Å². The predicted molar refractivity (Wildman–Crippen MR) is 78.6 cm³/mol. The molecule has 0 spiro atoms. The second-order valence-corrected chi connectivity index (χ2v) is 6.08. The van der Waals surface area contributed by atoms with E-state index < -0.39 is 16.1 Å². The van der Waals surface area contributed by atoms with Gasteiger partial charge in [-0.05, 0) is 56.9 Å². The summed E-state index contributed by atoms with van der Waals surface area (Å²) < 4.78 is 12.1. The fraction of sp³-hybridized carbons (Fsp3) is 0.0769. The van der Waals surface area contributed by atoms with Gasteiger partial charge in [0.1, 0.15) is 6.26 Å². The molecule has 19 heavy (non-hydrogen) atoms. The largest absolute Gasteiger partial charge is 0.612 e. The third-order valence-corrected chi connectivity index (χ3v) is 4.26. The lowest BCUT2D eigenvalue weighted by molar-refractivity contribution is -0.385. The van der Waals surface area contributed by atoms with Crippen LogP contribution in [0.2, 0.25) is 0 Å². The molecule has 0 aromatic heterocycles. The maximum atomic E-state index is 11.7. The van der Waals surface area contributed by atoms with Crippen LogP contribution in [0.15, 0.2) is 51.8 Å². The molecule has 0 amide bonds. The Morgan fingerprint density at radius 2 is 1.89 bits per heavy atom. The van der Waals surface area contributed by atoms with Crippen LogP contribution in [0.3, 0.4) is 0 Å². The first kappa shape index (κ1) is 14.0. The predicted octanol–water partition coefficient (Wildman–Crippen LogP) is 3.76. The third kappa shape index (κ3) is 2.97.